The summed E-state index contributed by atoms with van der Waals surface area (Å²) in [5.41, 5.74) is 1.83. The van der Waals surface area contributed by atoms with Crippen LogP contribution in [0.4, 0.5) is 0 Å². The Balaban J connectivity index is 0.00000242. The van der Waals surface area contributed by atoms with Gasteiger partial charge in [0.1, 0.15) is 0 Å². The minimum absolute atomic E-state index is 0. The summed E-state index contributed by atoms with van der Waals surface area (Å²) in [6.07, 6.45) is 2.06. The number of piperidine rings is 1. The molecule has 0 saturated carbocycles. The number of nitrogens with one attached hydrogen (secondary N) is 2. The lowest BCUT2D eigenvalue weighted by molar-refractivity contribution is 0.0511. The summed E-state index contributed by atoms with van der Waals surface area (Å²) in [5, 5.41) is 6.44. The molecule has 1 fully saturated rings. The van der Waals surface area contributed by atoms with Gasteiger partial charge in [0.05, 0.1) is 6.61 Å². The van der Waals surface area contributed by atoms with Crippen molar-refractivity contribution in [3.05, 3.63) is 33.8 Å². The Morgan fingerprint density at radius 1 is 1.41 bits per heavy atom. The predicted octanol–water partition coefficient (Wildman–Crippen LogP) is 2.93. The van der Waals surface area contributed by atoms with E-state index in [1.54, 1.807) is 7.11 Å². The van der Waals surface area contributed by atoms with E-state index in [2.05, 4.69) is 26.6 Å². The summed E-state index contributed by atoms with van der Waals surface area (Å²) in [5.74, 6) is -0.0142. The first kappa shape index (κ1) is 19.4. The number of halogens is 2. The van der Waals surface area contributed by atoms with Gasteiger partial charge < -0.3 is 15.4 Å². The fourth-order valence-electron chi connectivity index (χ4n) is 2.79. The molecule has 1 aromatic carbocycles. The number of ether oxygens (including phenoxy) is 1. The van der Waals surface area contributed by atoms with Gasteiger partial charge in [-0.25, -0.2) is 0 Å². The molecule has 0 aromatic heterocycles. The molecule has 4 nitrogen and oxygen atoms in total. The highest BCUT2D eigenvalue weighted by Crippen LogP contribution is 2.28. The van der Waals surface area contributed by atoms with Crippen molar-refractivity contribution in [3.8, 4) is 0 Å². The Bertz CT molecular complexity index is 499. The Morgan fingerprint density at radius 2 is 2.09 bits per heavy atom. The number of carbonyl (C=O) groups excluding carboxylic acids is 1. The highest BCUT2D eigenvalue weighted by atomic mass is 79.9. The van der Waals surface area contributed by atoms with Crippen LogP contribution in [-0.4, -0.2) is 39.3 Å². The third kappa shape index (κ3) is 4.95. The highest BCUT2D eigenvalue weighted by Gasteiger charge is 2.32. The average molecular weight is 392 g/mol. The lowest BCUT2D eigenvalue weighted by Crippen LogP contribution is -2.47. The molecule has 124 valence electrons. The molecule has 1 aromatic rings. The number of methoxy groups -OCH3 is 1. The molecule has 1 saturated heterocycles. The second kappa shape index (κ2) is 8.87. The third-order valence-electron chi connectivity index (χ3n) is 4.16. The molecule has 0 bridgehead atoms. The van der Waals surface area contributed by atoms with Gasteiger partial charge in [0.15, 0.2) is 0 Å². The van der Waals surface area contributed by atoms with Crippen molar-refractivity contribution >= 4 is 34.2 Å². The molecule has 2 N–H and O–H groups in total. The standard InChI is InChI=1S/C16H23BrN2O2.ClH/c1-12-9-13(3-4-14(12)17)15(20)19-10-16(11-21-2)5-7-18-8-6-16;/h3-4,9,18H,5-8,10-11H2,1-2H3,(H,19,20);1H. The second-order valence-corrected chi connectivity index (χ2v) is 6.68. The predicted molar refractivity (Wildman–Crippen MR) is 94.9 cm³/mol. The summed E-state index contributed by atoms with van der Waals surface area (Å²) < 4.78 is 6.39. The van der Waals surface area contributed by atoms with Crippen molar-refractivity contribution in [1.82, 2.24) is 10.6 Å². The molecule has 0 aliphatic carbocycles. The number of amides is 1. The maximum atomic E-state index is 12.3. The van der Waals surface area contributed by atoms with Crippen LogP contribution in [0.25, 0.3) is 0 Å². The molecule has 1 heterocycles. The van der Waals surface area contributed by atoms with Crippen LogP contribution in [0.3, 0.4) is 0 Å². The summed E-state index contributed by atoms with van der Waals surface area (Å²) >= 11 is 3.45. The van der Waals surface area contributed by atoms with Gasteiger partial charge in [-0.2, -0.15) is 0 Å². The van der Waals surface area contributed by atoms with Crippen LogP contribution in [0.15, 0.2) is 22.7 Å². The van der Waals surface area contributed by atoms with E-state index in [9.17, 15) is 4.79 Å². The Hall–Kier alpha value is -0.620. The van der Waals surface area contributed by atoms with E-state index in [4.69, 9.17) is 4.74 Å². The van der Waals surface area contributed by atoms with Gasteiger partial charge in [-0.3, -0.25) is 4.79 Å². The average Bonchev–Trinajstić information content (AvgIpc) is 2.49. The largest absolute Gasteiger partial charge is 0.384 e. The first-order valence-electron chi connectivity index (χ1n) is 7.30. The topological polar surface area (TPSA) is 50.4 Å². The van der Waals surface area contributed by atoms with Crippen LogP contribution in [-0.2, 0) is 4.74 Å². The van der Waals surface area contributed by atoms with Crippen LogP contribution in [0.1, 0.15) is 28.8 Å². The number of benzene rings is 1. The zero-order valence-corrected chi connectivity index (χ0v) is 15.5. The van der Waals surface area contributed by atoms with E-state index >= 15 is 0 Å². The molecule has 1 amide bonds. The summed E-state index contributed by atoms with van der Waals surface area (Å²) in [6.45, 7) is 5.30. The van der Waals surface area contributed by atoms with Crippen LogP contribution in [0.2, 0.25) is 0 Å². The zero-order chi connectivity index (χ0) is 15.3. The number of hydrogen-bond acceptors (Lipinski definition) is 3. The third-order valence-corrected chi connectivity index (χ3v) is 5.05. The Labute approximate surface area is 146 Å². The van der Waals surface area contributed by atoms with Gasteiger partial charge in [-0.05, 0) is 56.6 Å². The van der Waals surface area contributed by atoms with E-state index in [1.807, 2.05) is 25.1 Å². The fraction of sp³-hybridized carbons (Fsp3) is 0.562. The minimum Gasteiger partial charge on any atom is -0.384 e. The minimum atomic E-state index is -0.0142. The summed E-state index contributed by atoms with van der Waals surface area (Å²) in [6, 6.07) is 5.67. The van der Waals surface area contributed by atoms with Gasteiger partial charge in [0, 0.05) is 29.1 Å². The molecule has 0 radical (unpaired) electrons. The van der Waals surface area contributed by atoms with Gasteiger partial charge in [-0.1, -0.05) is 15.9 Å². The van der Waals surface area contributed by atoms with Crippen LogP contribution >= 0.6 is 28.3 Å². The van der Waals surface area contributed by atoms with Crippen LogP contribution in [0, 0.1) is 12.3 Å². The fourth-order valence-corrected chi connectivity index (χ4v) is 3.04. The van der Waals surface area contributed by atoms with E-state index in [0.717, 1.165) is 36.0 Å². The summed E-state index contributed by atoms with van der Waals surface area (Å²) in [4.78, 5) is 12.3. The molecule has 22 heavy (non-hydrogen) atoms. The molecule has 6 heteroatoms. The molecule has 1 aliphatic rings. The second-order valence-electron chi connectivity index (χ2n) is 5.83. The van der Waals surface area contributed by atoms with Gasteiger partial charge in [0.25, 0.3) is 5.91 Å². The van der Waals surface area contributed by atoms with Crippen LogP contribution in [0.5, 0.6) is 0 Å². The maximum Gasteiger partial charge on any atom is 0.251 e. The maximum absolute atomic E-state index is 12.3. The molecular weight excluding hydrogens is 368 g/mol. The van der Waals surface area contributed by atoms with Crippen molar-refractivity contribution in [2.75, 3.05) is 33.4 Å². The van der Waals surface area contributed by atoms with E-state index < -0.39 is 0 Å². The van der Waals surface area contributed by atoms with E-state index in [-0.39, 0.29) is 23.7 Å². The number of aryl methyl sites for hydroxylation is 1. The quantitative estimate of drug-likeness (QED) is 0.811. The van der Waals surface area contributed by atoms with Crippen LogP contribution < -0.4 is 10.6 Å². The molecule has 0 atom stereocenters. The number of hydrogen-bond donors (Lipinski definition) is 2. The molecule has 0 unspecified atom stereocenters. The van der Waals surface area contributed by atoms with Crippen molar-refractivity contribution in [2.45, 2.75) is 19.8 Å². The van der Waals surface area contributed by atoms with Crippen molar-refractivity contribution in [2.24, 2.45) is 5.41 Å². The van der Waals surface area contributed by atoms with Crippen molar-refractivity contribution < 1.29 is 9.53 Å². The Kier molecular flexibility index (Phi) is 7.83. The molecule has 1 aliphatic heterocycles. The van der Waals surface area contributed by atoms with E-state index in [1.165, 1.54) is 0 Å². The van der Waals surface area contributed by atoms with E-state index in [0.29, 0.717) is 18.7 Å². The summed E-state index contributed by atoms with van der Waals surface area (Å²) in [7, 11) is 1.73. The first-order valence-corrected chi connectivity index (χ1v) is 8.10. The van der Waals surface area contributed by atoms with Crippen molar-refractivity contribution in [3.63, 3.8) is 0 Å². The van der Waals surface area contributed by atoms with Gasteiger partial charge in [0.2, 0.25) is 0 Å². The smallest absolute Gasteiger partial charge is 0.251 e. The Morgan fingerprint density at radius 3 is 2.68 bits per heavy atom. The number of carbonyl (C=O) groups is 1. The lowest BCUT2D eigenvalue weighted by atomic mass is 9.79. The monoisotopic (exact) mass is 390 g/mol. The first-order chi connectivity index (χ1) is 10.1. The molecule has 2 rings (SSSR count). The molecular formula is C16H24BrClN2O2. The highest BCUT2D eigenvalue weighted by molar-refractivity contribution is 9.10. The molecule has 0 spiro atoms. The van der Waals surface area contributed by atoms with Gasteiger partial charge in [-0.15, -0.1) is 12.4 Å². The zero-order valence-electron chi connectivity index (χ0n) is 13.1. The number of rotatable bonds is 5. The van der Waals surface area contributed by atoms with Crippen molar-refractivity contribution in [1.29, 1.82) is 0 Å². The van der Waals surface area contributed by atoms with Gasteiger partial charge >= 0.3 is 0 Å². The normalized spacial score (nSPS) is 16.7. The SMILES string of the molecule is COCC1(CNC(=O)c2ccc(Br)c(C)c2)CCNCC1.Cl. The lowest BCUT2D eigenvalue weighted by Gasteiger charge is -2.37.